The Morgan fingerprint density at radius 3 is 2.59 bits per heavy atom. The number of carbonyl (C=O) groups is 1. The van der Waals surface area contributed by atoms with Crippen LogP contribution in [0.3, 0.4) is 0 Å². The number of thiazole rings is 1. The van der Waals surface area contributed by atoms with E-state index in [9.17, 15) is 9.59 Å². The van der Waals surface area contributed by atoms with Crippen LogP contribution in [0.1, 0.15) is 24.3 Å². The molecule has 1 aliphatic rings. The number of anilines is 1. The molecule has 1 amide bonds. The molecule has 0 saturated carbocycles. The summed E-state index contributed by atoms with van der Waals surface area (Å²) in [4.78, 5) is 32.9. The molecule has 0 aliphatic carbocycles. The van der Waals surface area contributed by atoms with Crippen LogP contribution in [-0.4, -0.2) is 17.6 Å². The van der Waals surface area contributed by atoms with Gasteiger partial charge in [-0.25, -0.2) is 4.99 Å². The summed E-state index contributed by atoms with van der Waals surface area (Å²) in [5.74, 6) is 1.54. The fraction of sp³-hybridized carbons (Fsp3) is 0.0938. The van der Waals surface area contributed by atoms with Gasteiger partial charge in [0.05, 0.1) is 29.0 Å². The molecule has 5 aromatic rings. The Kier molecular flexibility index (Phi) is 7.30. The molecule has 204 valence electrons. The van der Waals surface area contributed by atoms with Gasteiger partial charge in [-0.3, -0.25) is 14.2 Å². The molecule has 41 heavy (non-hydrogen) atoms. The first-order valence-electron chi connectivity index (χ1n) is 12.8. The third-order valence-corrected chi connectivity index (χ3v) is 8.25. The number of hydrogen-bond acceptors (Lipinski definition) is 6. The molecule has 0 spiro atoms. The normalized spacial score (nSPS) is 14.9. The highest BCUT2D eigenvalue weighted by molar-refractivity contribution is 9.10. The SMILES string of the molecule is COc1cccc([C@@H]2C(C(=O)Nc3ccccc3)=C(C)N=c3s/c(=C\c4ccc(-c5ccc(Br)cc5)o4)c(=O)n32)c1. The van der Waals surface area contributed by atoms with Gasteiger partial charge in [0.1, 0.15) is 17.3 Å². The molecular weight excluding hydrogens is 602 g/mol. The monoisotopic (exact) mass is 625 g/mol. The van der Waals surface area contributed by atoms with Crippen molar-refractivity contribution in [3.05, 3.63) is 138 Å². The number of para-hydroxylation sites is 1. The standard InChI is InChI=1S/C32H24BrN3O4S/c1-19-28(30(37)35-23-8-4-3-5-9-23)29(21-7-6-10-24(17-21)39-2)36-31(38)27(41-32(36)34-19)18-25-15-16-26(40-25)20-11-13-22(33)14-12-20/h3-18,29H,1-2H3,(H,35,37)/b27-18-/t29-/m1/s1. The molecule has 6 rings (SSSR count). The van der Waals surface area contributed by atoms with Gasteiger partial charge in [0.25, 0.3) is 11.5 Å². The number of methoxy groups -OCH3 is 1. The van der Waals surface area contributed by atoms with Gasteiger partial charge in [0, 0.05) is 21.8 Å². The summed E-state index contributed by atoms with van der Waals surface area (Å²) in [5, 5.41) is 2.96. The fourth-order valence-corrected chi connectivity index (χ4v) is 6.08. The number of fused-ring (bicyclic) bond motifs is 1. The van der Waals surface area contributed by atoms with E-state index in [1.807, 2.05) is 91.0 Å². The van der Waals surface area contributed by atoms with Gasteiger partial charge < -0.3 is 14.5 Å². The van der Waals surface area contributed by atoms with Crippen molar-refractivity contribution in [3.8, 4) is 17.1 Å². The average Bonchev–Trinajstić information content (AvgIpc) is 3.57. The molecule has 0 radical (unpaired) electrons. The zero-order chi connectivity index (χ0) is 28.5. The molecule has 7 nitrogen and oxygen atoms in total. The van der Waals surface area contributed by atoms with Crippen molar-refractivity contribution in [2.24, 2.45) is 4.99 Å². The lowest BCUT2D eigenvalue weighted by Gasteiger charge is -2.25. The number of allylic oxidation sites excluding steroid dienone is 1. The van der Waals surface area contributed by atoms with Crippen molar-refractivity contribution >= 4 is 44.9 Å². The number of rotatable bonds is 6. The minimum Gasteiger partial charge on any atom is -0.497 e. The number of ether oxygens (including phenoxy) is 1. The van der Waals surface area contributed by atoms with E-state index in [0.29, 0.717) is 43.6 Å². The minimum absolute atomic E-state index is 0.263. The predicted molar refractivity (Wildman–Crippen MR) is 164 cm³/mol. The second-order valence-electron chi connectivity index (χ2n) is 9.39. The number of benzene rings is 3. The maximum Gasteiger partial charge on any atom is 0.271 e. The highest BCUT2D eigenvalue weighted by Crippen LogP contribution is 2.32. The van der Waals surface area contributed by atoms with Crippen molar-refractivity contribution < 1.29 is 13.9 Å². The van der Waals surface area contributed by atoms with E-state index in [-0.39, 0.29) is 11.5 Å². The van der Waals surface area contributed by atoms with E-state index >= 15 is 0 Å². The fourth-order valence-electron chi connectivity index (χ4n) is 4.79. The molecule has 0 fully saturated rings. The van der Waals surface area contributed by atoms with Crippen molar-refractivity contribution in [2.45, 2.75) is 13.0 Å². The molecule has 0 unspecified atom stereocenters. The quantitative estimate of drug-likeness (QED) is 0.254. The van der Waals surface area contributed by atoms with Crippen LogP contribution < -0.4 is 24.9 Å². The van der Waals surface area contributed by atoms with Gasteiger partial charge in [-0.2, -0.15) is 0 Å². The Balaban J connectivity index is 1.46. The highest BCUT2D eigenvalue weighted by atomic mass is 79.9. The van der Waals surface area contributed by atoms with Crippen LogP contribution in [0.25, 0.3) is 17.4 Å². The number of hydrogen-bond donors (Lipinski definition) is 1. The van der Waals surface area contributed by atoms with Crippen molar-refractivity contribution in [3.63, 3.8) is 0 Å². The van der Waals surface area contributed by atoms with Gasteiger partial charge in [0.15, 0.2) is 4.80 Å². The second-order valence-corrected chi connectivity index (χ2v) is 11.3. The maximum absolute atomic E-state index is 14.0. The Morgan fingerprint density at radius 1 is 1.05 bits per heavy atom. The summed E-state index contributed by atoms with van der Waals surface area (Å²) in [7, 11) is 1.58. The van der Waals surface area contributed by atoms with Crippen LogP contribution in [0.4, 0.5) is 5.69 Å². The molecule has 3 heterocycles. The zero-order valence-electron chi connectivity index (χ0n) is 22.1. The lowest BCUT2D eigenvalue weighted by atomic mass is 9.95. The van der Waals surface area contributed by atoms with E-state index in [2.05, 4.69) is 21.2 Å². The van der Waals surface area contributed by atoms with Gasteiger partial charge >= 0.3 is 0 Å². The third kappa shape index (κ3) is 5.33. The first-order valence-corrected chi connectivity index (χ1v) is 14.4. The Bertz CT molecular complexity index is 1970. The lowest BCUT2D eigenvalue weighted by molar-refractivity contribution is -0.113. The predicted octanol–water partition coefficient (Wildman–Crippen LogP) is 5.91. The topological polar surface area (TPSA) is 85.8 Å². The minimum atomic E-state index is -0.706. The summed E-state index contributed by atoms with van der Waals surface area (Å²) in [6.07, 6.45) is 1.72. The Labute approximate surface area is 247 Å². The van der Waals surface area contributed by atoms with E-state index in [0.717, 1.165) is 15.6 Å². The number of aromatic nitrogens is 1. The average molecular weight is 627 g/mol. The van der Waals surface area contributed by atoms with Crippen LogP contribution in [-0.2, 0) is 4.79 Å². The van der Waals surface area contributed by atoms with E-state index in [4.69, 9.17) is 14.1 Å². The van der Waals surface area contributed by atoms with Gasteiger partial charge in [0.2, 0.25) is 0 Å². The van der Waals surface area contributed by atoms with Crippen molar-refractivity contribution in [1.82, 2.24) is 4.57 Å². The van der Waals surface area contributed by atoms with Crippen LogP contribution in [0.2, 0.25) is 0 Å². The molecule has 1 aliphatic heterocycles. The summed E-state index contributed by atoms with van der Waals surface area (Å²) >= 11 is 4.71. The number of nitrogens with zero attached hydrogens (tertiary/aromatic N) is 2. The Morgan fingerprint density at radius 2 is 1.83 bits per heavy atom. The molecule has 1 atom stereocenters. The number of furan rings is 1. The number of carbonyl (C=O) groups excluding carboxylic acids is 1. The number of halogens is 1. The summed E-state index contributed by atoms with van der Waals surface area (Å²) < 4.78 is 14.5. The molecule has 2 aromatic heterocycles. The van der Waals surface area contributed by atoms with Crippen LogP contribution in [0, 0.1) is 0 Å². The Hall–Kier alpha value is -4.47. The molecule has 0 bridgehead atoms. The number of amides is 1. The van der Waals surface area contributed by atoms with E-state index in [1.165, 1.54) is 11.3 Å². The molecule has 3 aromatic carbocycles. The maximum atomic E-state index is 14.0. The number of nitrogens with one attached hydrogen (secondary N) is 1. The molecule has 9 heteroatoms. The third-order valence-electron chi connectivity index (χ3n) is 6.74. The second kappa shape index (κ2) is 11.2. The van der Waals surface area contributed by atoms with Gasteiger partial charge in [-0.1, -0.05) is 69.7 Å². The lowest BCUT2D eigenvalue weighted by Crippen LogP contribution is -2.40. The molecule has 1 N–H and O–H groups in total. The highest BCUT2D eigenvalue weighted by Gasteiger charge is 2.32. The van der Waals surface area contributed by atoms with E-state index < -0.39 is 6.04 Å². The van der Waals surface area contributed by atoms with Crippen LogP contribution >= 0.6 is 27.3 Å². The van der Waals surface area contributed by atoms with Gasteiger partial charge in [-0.05, 0) is 61.0 Å². The van der Waals surface area contributed by atoms with E-state index in [1.54, 1.807) is 24.7 Å². The largest absolute Gasteiger partial charge is 0.497 e. The smallest absolute Gasteiger partial charge is 0.271 e. The van der Waals surface area contributed by atoms with Crippen molar-refractivity contribution in [2.75, 3.05) is 12.4 Å². The van der Waals surface area contributed by atoms with Crippen molar-refractivity contribution in [1.29, 1.82) is 0 Å². The van der Waals surface area contributed by atoms with Gasteiger partial charge in [-0.15, -0.1) is 0 Å². The molecule has 0 saturated heterocycles. The molecular formula is C32H24BrN3O4S. The first-order chi connectivity index (χ1) is 19.9. The zero-order valence-corrected chi connectivity index (χ0v) is 24.5. The van der Waals surface area contributed by atoms with Crippen LogP contribution in [0.5, 0.6) is 5.75 Å². The summed E-state index contributed by atoms with van der Waals surface area (Å²) in [5.41, 5.74) is 2.97. The summed E-state index contributed by atoms with van der Waals surface area (Å²) in [6, 6.07) is 27.4. The first kappa shape index (κ1) is 26.7. The van der Waals surface area contributed by atoms with Crippen LogP contribution in [0.15, 0.2) is 121 Å². The summed E-state index contributed by atoms with van der Waals surface area (Å²) in [6.45, 7) is 1.79.